The topological polar surface area (TPSA) is 70.7 Å². The fourth-order valence-electron chi connectivity index (χ4n) is 2.14. The number of amides is 1. The monoisotopic (exact) mass is 316 g/mol. The van der Waals surface area contributed by atoms with Gasteiger partial charge >= 0.3 is 0 Å². The number of nitrogens with zero attached hydrogens (tertiary/aromatic N) is 3. The van der Waals surface area contributed by atoms with Gasteiger partial charge in [-0.3, -0.25) is 9.48 Å². The highest BCUT2D eigenvalue weighted by atomic mass is 35.5. The molecule has 1 amide bonds. The molecule has 5 nitrogen and oxygen atoms in total. The Labute approximate surface area is 134 Å². The Morgan fingerprint density at radius 3 is 2.73 bits per heavy atom. The van der Waals surface area contributed by atoms with Gasteiger partial charge in [0.2, 0.25) is 5.91 Å². The van der Waals surface area contributed by atoms with Gasteiger partial charge in [0.25, 0.3) is 0 Å². The average molecular weight is 317 g/mol. The van der Waals surface area contributed by atoms with Gasteiger partial charge < -0.3 is 5.32 Å². The van der Waals surface area contributed by atoms with Crippen LogP contribution in [0.25, 0.3) is 0 Å². The molecule has 0 aliphatic rings. The lowest BCUT2D eigenvalue weighted by molar-refractivity contribution is -0.119. The highest BCUT2D eigenvalue weighted by molar-refractivity contribution is 6.31. The summed E-state index contributed by atoms with van der Waals surface area (Å²) in [6, 6.07) is 8.98. The second-order valence-corrected chi connectivity index (χ2v) is 5.59. The maximum atomic E-state index is 12.3. The Bertz CT molecular complexity index is 745. The van der Waals surface area contributed by atoms with Gasteiger partial charge in [-0.05, 0) is 26.0 Å². The zero-order chi connectivity index (χ0) is 16.3. The second-order valence-electron chi connectivity index (χ2n) is 5.21. The molecule has 1 N–H and O–H groups in total. The van der Waals surface area contributed by atoms with Crippen LogP contribution in [0.4, 0.5) is 5.69 Å². The Hall–Kier alpha value is -2.32. The molecule has 114 valence electrons. The lowest BCUT2D eigenvalue weighted by Gasteiger charge is -2.14. The third-order valence-electron chi connectivity index (χ3n) is 3.49. The standard InChI is InChI=1S/C16H17ClN4O/c1-10(9-21-12(3)15(17)11(2)20-21)16(22)19-14-7-5-4-6-13(14)8-18/h4-7,10H,9H2,1-3H3,(H,19,22). The summed E-state index contributed by atoms with van der Waals surface area (Å²) in [4.78, 5) is 12.3. The van der Waals surface area contributed by atoms with Gasteiger partial charge in [-0.1, -0.05) is 30.7 Å². The highest BCUT2D eigenvalue weighted by Gasteiger charge is 2.18. The molecule has 6 heteroatoms. The zero-order valence-corrected chi connectivity index (χ0v) is 13.5. The average Bonchev–Trinajstić information content (AvgIpc) is 2.75. The summed E-state index contributed by atoms with van der Waals surface area (Å²) in [6.45, 7) is 5.95. The molecule has 2 aromatic rings. The van der Waals surface area contributed by atoms with E-state index in [1.165, 1.54) is 0 Å². The number of rotatable bonds is 4. The number of carbonyl (C=O) groups is 1. The Balaban J connectivity index is 2.10. The predicted octanol–water partition coefficient (Wildman–Crippen LogP) is 3.30. The minimum absolute atomic E-state index is 0.161. The molecule has 2 rings (SSSR count). The molecule has 1 aromatic carbocycles. The summed E-state index contributed by atoms with van der Waals surface area (Å²) in [5.41, 5.74) is 2.56. The van der Waals surface area contributed by atoms with E-state index in [9.17, 15) is 4.79 Å². The second kappa shape index (κ2) is 6.63. The van der Waals surface area contributed by atoms with Gasteiger partial charge in [-0.2, -0.15) is 10.4 Å². The molecule has 1 atom stereocenters. The number of benzene rings is 1. The van der Waals surface area contributed by atoms with Crippen molar-refractivity contribution < 1.29 is 4.79 Å². The van der Waals surface area contributed by atoms with Crippen molar-refractivity contribution in [1.29, 1.82) is 5.26 Å². The van der Waals surface area contributed by atoms with Crippen LogP contribution in [0.3, 0.4) is 0 Å². The van der Waals surface area contributed by atoms with Crippen LogP contribution in [0.2, 0.25) is 5.02 Å². The van der Waals surface area contributed by atoms with Crippen molar-refractivity contribution in [1.82, 2.24) is 9.78 Å². The summed E-state index contributed by atoms with van der Waals surface area (Å²) < 4.78 is 1.73. The fourth-order valence-corrected chi connectivity index (χ4v) is 2.28. The van der Waals surface area contributed by atoms with E-state index in [1.807, 2.05) is 20.8 Å². The molecule has 1 heterocycles. The van der Waals surface area contributed by atoms with E-state index in [-0.39, 0.29) is 11.8 Å². The maximum Gasteiger partial charge on any atom is 0.229 e. The number of nitriles is 1. The van der Waals surface area contributed by atoms with Gasteiger partial charge in [0.05, 0.1) is 40.1 Å². The van der Waals surface area contributed by atoms with E-state index in [0.29, 0.717) is 22.8 Å². The van der Waals surface area contributed by atoms with Crippen LogP contribution in [0.5, 0.6) is 0 Å². The van der Waals surface area contributed by atoms with Crippen molar-refractivity contribution in [2.75, 3.05) is 5.32 Å². The summed E-state index contributed by atoms with van der Waals surface area (Å²) in [6.07, 6.45) is 0. The number of para-hydroxylation sites is 1. The maximum absolute atomic E-state index is 12.3. The predicted molar refractivity (Wildman–Crippen MR) is 85.7 cm³/mol. The number of anilines is 1. The molecule has 0 aliphatic carbocycles. The molecule has 0 radical (unpaired) electrons. The summed E-state index contributed by atoms with van der Waals surface area (Å²) in [5.74, 6) is -0.466. The molecule has 0 fully saturated rings. The first kappa shape index (κ1) is 16.1. The van der Waals surface area contributed by atoms with Gasteiger partial charge in [0.15, 0.2) is 0 Å². The van der Waals surface area contributed by atoms with Gasteiger partial charge in [0, 0.05) is 0 Å². The highest BCUT2D eigenvalue weighted by Crippen LogP contribution is 2.20. The zero-order valence-electron chi connectivity index (χ0n) is 12.7. The van der Waals surface area contributed by atoms with Crippen molar-refractivity contribution in [3.63, 3.8) is 0 Å². The third kappa shape index (κ3) is 3.29. The van der Waals surface area contributed by atoms with Crippen LogP contribution in [-0.4, -0.2) is 15.7 Å². The summed E-state index contributed by atoms with van der Waals surface area (Å²) in [7, 11) is 0. The summed E-state index contributed by atoms with van der Waals surface area (Å²) in [5, 5.41) is 16.8. The number of halogens is 1. The van der Waals surface area contributed by atoms with E-state index in [2.05, 4.69) is 16.5 Å². The normalized spacial score (nSPS) is 11.8. The molecule has 1 unspecified atom stereocenters. The molecule has 22 heavy (non-hydrogen) atoms. The van der Waals surface area contributed by atoms with Gasteiger partial charge in [0.1, 0.15) is 6.07 Å². The van der Waals surface area contributed by atoms with E-state index < -0.39 is 0 Å². The van der Waals surface area contributed by atoms with Crippen LogP contribution in [0, 0.1) is 31.1 Å². The molecule has 0 aliphatic heterocycles. The number of hydrogen-bond donors (Lipinski definition) is 1. The van der Waals surface area contributed by atoms with Crippen LogP contribution >= 0.6 is 11.6 Å². The number of aromatic nitrogens is 2. The van der Waals surface area contributed by atoms with Crippen LogP contribution in [-0.2, 0) is 11.3 Å². The Morgan fingerprint density at radius 2 is 2.14 bits per heavy atom. The van der Waals surface area contributed by atoms with Gasteiger partial charge in [-0.15, -0.1) is 0 Å². The lowest BCUT2D eigenvalue weighted by Crippen LogP contribution is -2.25. The molecule has 0 saturated carbocycles. The van der Waals surface area contributed by atoms with E-state index in [0.717, 1.165) is 11.4 Å². The van der Waals surface area contributed by atoms with Crippen molar-refractivity contribution in [2.45, 2.75) is 27.3 Å². The SMILES string of the molecule is Cc1nn(CC(C)C(=O)Nc2ccccc2C#N)c(C)c1Cl. The lowest BCUT2D eigenvalue weighted by atomic mass is 10.1. The van der Waals surface area contributed by atoms with Crippen LogP contribution < -0.4 is 5.32 Å². The molecule has 1 aromatic heterocycles. The molecular weight excluding hydrogens is 300 g/mol. The van der Waals surface area contributed by atoms with Crippen molar-refractivity contribution in [2.24, 2.45) is 5.92 Å². The smallest absolute Gasteiger partial charge is 0.229 e. The van der Waals surface area contributed by atoms with Crippen molar-refractivity contribution in [3.8, 4) is 6.07 Å². The molecule has 0 bridgehead atoms. The number of hydrogen-bond acceptors (Lipinski definition) is 3. The van der Waals surface area contributed by atoms with E-state index >= 15 is 0 Å². The number of nitrogens with one attached hydrogen (secondary N) is 1. The van der Waals surface area contributed by atoms with E-state index in [1.54, 1.807) is 28.9 Å². The first-order valence-electron chi connectivity index (χ1n) is 6.93. The quantitative estimate of drug-likeness (QED) is 0.940. The first-order chi connectivity index (χ1) is 10.4. The number of carbonyl (C=O) groups excluding carboxylic acids is 1. The van der Waals surface area contributed by atoms with Gasteiger partial charge in [-0.25, -0.2) is 0 Å². The Morgan fingerprint density at radius 1 is 1.45 bits per heavy atom. The summed E-state index contributed by atoms with van der Waals surface area (Å²) >= 11 is 6.11. The molecule has 0 saturated heterocycles. The Kier molecular flexibility index (Phi) is 4.84. The third-order valence-corrected chi connectivity index (χ3v) is 4.04. The van der Waals surface area contributed by atoms with E-state index in [4.69, 9.17) is 16.9 Å². The minimum atomic E-state index is -0.305. The molecular formula is C16H17ClN4O. The van der Waals surface area contributed by atoms with Crippen molar-refractivity contribution in [3.05, 3.63) is 46.2 Å². The number of aryl methyl sites for hydroxylation is 1. The van der Waals surface area contributed by atoms with Crippen molar-refractivity contribution >= 4 is 23.2 Å². The first-order valence-corrected chi connectivity index (χ1v) is 7.31. The molecule has 0 spiro atoms. The largest absolute Gasteiger partial charge is 0.325 e. The minimum Gasteiger partial charge on any atom is -0.325 e. The van der Waals surface area contributed by atoms with Crippen LogP contribution in [0.15, 0.2) is 24.3 Å². The van der Waals surface area contributed by atoms with Crippen LogP contribution in [0.1, 0.15) is 23.9 Å². The fraction of sp³-hybridized carbons (Fsp3) is 0.312.